The highest BCUT2D eigenvalue weighted by Crippen LogP contribution is 2.38. The summed E-state index contributed by atoms with van der Waals surface area (Å²) in [4.78, 5) is 50.9. The average Bonchev–Trinajstić information content (AvgIpc) is 3.54. The molecule has 1 aliphatic rings. The Morgan fingerprint density at radius 1 is 1.29 bits per heavy atom. The van der Waals surface area contributed by atoms with Gasteiger partial charge in [-0.05, 0) is 18.2 Å². The Balaban J connectivity index is 1.37. The lowest BCUT2D eigenvalue weighted by Crippen LogP contribution is -2.25. The van der Waals surface area contributed by atoms with Crippen LogP contribution in [0.3, 0.4) is 0 Å². The zero-order valence-corrected chi connectivity index (χ0v) is 20.6. The van der Waals surface area contributed by atoms with Gasteiger partial charge >= 0.3 is 7.82 Å². The minimum absolute atomic E-state index is 0.0430. The number of aliphatic hydroxyl groups excluding tert-OH is 1. The van der Waals surface area contributed by atoms with Gasteiger partial charge in [-0.1, -0.05) is 0 Å². The lowest BCUT2D eigenvalue weighted by atomic mass is 10.1. The second-order valence-corrected chi connectivity index (χ2v) is 10.0. The molecule has 38 heavy (non-hydrogen) atoms. The van der Waals surface area contributed by atoms with Crippen LogP contribution in [0.25, 0.3) is 33.1 Å². The van der Waals surface area contributed by atoms with Crippen LogP contribution in [-0.4, -0.2) is 67.8 Å². The van der Waals surface area contributed by atoms with Crippen molar-refractivity contribution in [3.05, 3.63) is 41.1 Å². The van der Waals surface area contributed by atoms with Gasteiger partial charge in [0.05, 0.1) is 35.8 Å². The summed E-state index contributed by atoms with van der Waals surface area (Å²) in [6.07, 6.45) is 0.167. The first-order valence-corrected chi connectivity index (χ1v) is 12.9. The van der Waals surface area contributed by atoms with E-state index < -0.39 is 38.4 Å². The number of rotatable bonds is 6. The SMILES string of the molecule is Cn1c(N)nc2c3cccnc3c(Nc3nc4c(ncn4[C@H]4C[C@H](O)[C@@H](COP(=O)(O)O)O4)c(=O)[nH]3)cc21. The molecule has 0 amide bonds. The molecule has 0 spiro atoms. The van der Waals surface area contributed by atoms with Crippen LogP contribution < -0.4 is 16.6 Å². The van der Waals surface area contributed by atoms with E-state index in [1.54, 1.807) is 29.9 Å². The molecule has 0 aliphatic carbocycles. The first-order chi connectivity index (χ1) is 18.1. The summed E-state index contributed by atoms with van der Waals surface area (Å²) in [5, 5.41) is 14.2. The highest BCUT2D eigenvalue weighted by Gasteiger charge is 2.37. The van der Waals surface area contributed by atoms with E-state index in [0.717, 1.165) is 10.9 Å². The van der Waals surface area contributed by atoms with Crippen molar-refractivity contribution in [2.24, 2.45) is 7.05 Å². The van der Waals surface area contributed by atoms with Crippen LogP contribution in [0.5, 0.6) is 0 Å². The third-order valence-corrected chi connectivity index (χ3v) is 6.87. The number of hydrogen-bond donors (Lipinski definition) is 6. The second kappa shape index (κ2) is 8.83. The summed E-state index contributed by atoms with van der Waals surface area (Å²) in [7, 11) is -2.95. The van der Waals surface area contributed by atoms with Crippen LogP contribution in [0, 0.1) is 0 Å². The summed E-state index contributed by atoms with van der Waals surface area (Å²) in [5.74, 6) is 0.438. The topological polar surface area (TPSA) is 229 Å². The fourth-order valence-corrected chi connectivity index (χ4v) is 4.87. The number of imidazole rings is 2. The fraction of sp³-hybridized carbons (Fsp3) is 0.286. The Morgan fingerprint density at radius 3 is 2.89 bits per heavy atom. The van der Waals surface area contributed by atoms with Gasteiger partial charge in [0, 0.05) is 25.1 Å². The predicted molar refractivity (Wildman–Crippen MR) is 134 cm³/mol. The molecular weight excluding hydrogens is 521 g/mol. The number of nitrogens with two attached hydrogens (primary N) is 1. The number of aromatic amines is 1. The number of ether oxygens (including phenoxy) is 1. The van der Waals surface area contributed by atoms with E-state index >= 15 is 0 Å². The van der Waals surface area contributed by atoms with Gasteiger partial charge in [0.25, 0.3) is 5.56 Å². The molecule has 1 aromatic carbocycles. The van der Waals surface area contributed by atoms with Gasteiger partial charge < -0.3 is 35.2 Å². The van der Waals surface area contributed by atoms with Crippen molar-refractivity contribution in [1.29, 1.82) is 0 Å². The molecule has 5 heterocycles. The zero-order valence-electron chi connectivity index (χ0n) is 19.7. The Labute approximate surface area is 212 Å². The largest absolute Gasteiger partial charge is 0.469 e. The van der Waals surface area contributed by atoms with E-state index in [0.29, 0.717) is 22.7 Å². The number of pyridine rings is 1. The average molecular weight is 543 g/mol. The Bertz CT molecular complexity index is 1810. The normalized spacial score (nSPS) is 20.2. The third kappa shape index (κ3) is 4.18. The second-order valence-electron chi connectivity index (χ2n) is 8.80. The van der Waals surface area contributed by atoms with Crippen molar-refractivity contribution in [3.63, 3.8) is 0 Å². The number of fused-ring (bicyclic) bond motifs is 4. The number of benzene rings is 1. The number of nitrogens with one attached hydrogen (secondary N) is 2. The van der Waals surface area contributed by atoms with Crippen LogP contribution in [0.1, 0.15) is 12.6 Å². The summed E-state index contributed by atoms with van der Waals surface area (Å²) >= 11 is 0. The number of nitrogens with zero attached hydrogens (tertiary/aromatic N) is 6. The smallest absolute Gasteiger partial charge is 0.390 e. The highest BCUT2D eigenvalue weighted by molar-refractivity contribution is 7.46. The van der Waals surface area contributed by atoms with E-state index in [-0.39, 0.29) is 23.5 Å². The number of H-pyrrole nitrogens is 1. The number of aromatic nitrogens is 7. The van der Waals surface area contributed by atoms with Gasteiger partial charge in [-0.3, -0.25) is 23.9 Å². The molecule has 0 radical (unpaired) electrons. The molecule has 6 rings (SSSR count). The minimum atomic E-state index is -4.74. The summed E-state index contributed by atoms with van der Waals surface area (Å²) < 4.78 is 24.4. The van der Waals surface area contributed by atoms with Gasteiger partial charge in [-0.2, -0.15) is 4.98 Å². The molecule has 198 valence electrons. The van der Waals surface area contributed by atoms with Crippen molar-refractivity contribution in [1.82, 2.24) is 34.1 Å². The third-order valence-electron chi connectivity index (χ3n) is 6.38. The number of anilines is 3. The summed E-state index contributed by atoms with van der Waals surface area (Å²) in [6, 6.07) is 5.46. The predicted octanol–water partition coefficient (Wildman–Crippen LogP) is 0.638. The number of aryl methyl sites for hydroxylation is 1. The molecule has 0 saturated carbocycles. The van der Waals surface area contributed by atoms with Crippen molar-refractivity contribution in [2.45, 2.75) is 24.9 Å². The molecule has 0 bridgehead atoms. The molecular formula is C21H22N9O7P. The van der Waals surface area contributed by atoms with E-state index in [9.17, 15) is 14.5 Å². The molecule has 1 fully saturated rings. The van der Waals surface area contributed by atoms with Crippen LogP contribution in [0.4, 0.5) is 17.6 Å². The monoisotopic (exact) mass is 543 g/mol. The maximum atomic E-state index is 12.8. The molecule has 4 aromatic heterocycles. The van der Waals surface area contributed by atoms with Crippen LogP contribution in [-0.2, 0) is 20.9 Å². The molecule has 1 aliphatic heterocycles. The van der Waals surface area contributed by atoms with Gasteiger partial charge in [0.1, 0.15) is 17.8 Å². The molecule has 5 aromatic rings. The Hall–Kier alpha value is -3.92. The molecule has 16 nitrogen and oxygen atoms in total. The summed E-state index contributed by atoms with van der Waals surface area (Å²) in [5.41, 5.74) is 8.29. The molecule has 3 atom stereocenters. The number of phosphoric acid groups is 1. The van der Waals surface area contributed by atoms with E-state index in [2.05, 4.69) is 34.8 Å². The maximum Gasteiger partial charge on any atom is 0.469 e. The lowest BCUT2D eigenvalue weighted by molar-refractivity contribution is -0.0424. The standard InChI is InChI=1S/C21H22N9O7P/c1-29-11-5-10(15-9(3-2-4-23-15)16(11)26-20(29)22)25-21-27-18-17(19(32)28-21)24-8-30(18)14-6-12(31)13(37-14)7-36-38(33,34)35/h2-5,8,12-14,31H,6-7H2,1H3,(H2,22,26)(H2,33,34,35)(H2,25,27,28,32)/t12-,13+,14+/m0/s1. The lowest BCUT2D eigenvalue weighted by Gasteiger charge is -2.16. The van der Waals surface area contributed by atoms with E-state index in [4.69, 9.17) is 20.3 Å². The van der Waals surface area contributed by atoms with Crippen LogP contribution in [0.2, 0.25) is 0 Å². The van der Waals surface area contributed by atoms with Gasteiger partial charge in [-0.25, -0.2) is 14.5 Å². The van der Waals surface area contributed by atoms with Crippen molar-refractivity contribution >= 4 is 58.5 Å². The van der Waals surface area contributed by atoms with E-state index in [1.165, 1.54) is 10.9 Å². The first-order valence-electron chi connectivity index (χ1n) is 11.4. The molecule has 1 saturated heterocycles. The molecule has 0 unspecified atom stereocenters. The summed E-state index contributed by atoms with van der Waals surface area (Å²) in [6.45, 7) is -0.517. The van der Waals surface area contributed by atoms with Crippen molar-refractivity contribution in [2.75, 3.05) is 17.7 Å². The zero-order chi connectivity index (χ0) is 26.8. The number of nitrogen functional groups attached to an aromatic ring is 1. The van der Waals surface area contributed by atoms with Crippen LogP contribution >= 0.6 is 7.82 Å². The number of phosphoric ester groups is 1. The Morgan fingerprint density at radius 2 is 2.11 bits per heavy atom. The molecule has 17 heteroatoms. The quantitative estimate of drug-likeness (QED) is 0.162. The Kier molecular flexibility index (Phi) is 5.68. The van der Waals surface area contributed by atoms with Crippen LogP contribution in [0.15, 0.2) is 35.5 Å². The van der Waals surface area contributed by atoms with Crippen molar-refractivity contribution < 1.29 is 28.7 Å². The minimum Gasteiger partial charge on any atom is -0.390 e. The number of hydrogen-bond acceptors (Lipinski definition) is 11. The van der Waals surface area contributed by atoms with Gasteiger partial charge in [0.2, 0.25) is 11.9 Å². The number of aliphatic hydroxyl groups is 1. The van der Waals surface area contributed by atoms with Gasteiger partial charge in [-0.15, -0.1) is 0 Å². The van der Waals surface area contributed by atoms with Gasteiger partial charge in [0.15, 0.2) is 11.2 Å². The van der Waals surface area contributed by atoms with E-state index in [1.807, 2.05) is 6.07 Å². The highest BCUT2D eigenvalue weighted by atomic mass is 31.2. The van der Waals surface area contributed by atoms with Crippen molar-refractivity contribution in [3.8, 4) is 0 Å². The maximum absolute atomic E-state index is 12.8. The fourth-order valence-electron chi connectivity index (χ4n) is 4.53. The molecule has 7 N–H and O–H groups in total. The first kappa shape index (κ1) is 24.4.